The van der Waals surface area contributed by atoms with Crippen LogP contribution in [0, 0.1) is 6.92 Å². The van der Waals surface area contributed by atoms with Crippen LogP contribution >= 0.6 is 0 Å². The van der Waals surface area contributed by atoms with Crippen molar-refractivity contribution in [3.05, 3.63) is 53.2 Å². The SMILES string of the molecule is Cc1cccc(CNCc2occc2C(=O)O)n1. The van der Waals surface area contributed by atoms with Crippen LogP contribution < -0.4 is 5.32 Å². The first-order chi connectivity index (χ1) is 8.66. The number of hydrogen-bond acceptors (Lipinski definition) is 4. The first-order valence-electron chi connectivity index (χ1n) is 5.60. The number of hydrogen-bond donors (Lipinski definition) is 2. The number of carboxylic acids is 1. The molecule has 0 unspecified atom stereocenters. The Morgan fingerprint density at radius 1 is 1.39 bits per heavy atom. The number of carbonyl (C=O) groups is 1. The molecule has 18 heavy (non-hydrogen) atoms. The molecule has 0 fully saturated rings. The van der Waals surface area contributed by atoms with E-state index in [9.17, 15) is 4.79 Å². The van der Waals surface area contributed by atoms with Gasteiger partial charge in [0.25, 0.3) is 0 Å². The zero-order valence-corrected chi connectivity index (χ0v) is 10.0. The van der Waals surface area contributed by atoms with Crippen LogP contribution in [-0.4, -0.2) is 16.1 Å². The van der Waals surface area contributed by atoms with Crippen LogP contribution in [0.3, 0.4) is 0 Å². The smallest absolute Gasteiger partial charge is 0.339 e. The second-order valence-corrected chi connectivity index (χ2v) is 3.94. The molecule has 5 heteroatoms. The third-order valence-corrected chi connectivity index (χ3v) is 2.51. The average molecular weight is 246 g/mol. The van der Waals surface area contributed by atoms with Gasteiger partial charge >= 0.3 is 5.97 Å². The largest absolute Gasteiger partial charge is 0.478 e. The number of furan rings is 1. The summed E-state index contributed by atoms with van der Waals surface area (Å²) < 4.78 is 5.12. The van der Waals surface area contributed by atoms with Gasteiger partial charge in [0.05, 0.1) is 18.5 Å². The lowest BCUT2D eigenvalue weighted by molar-refractivity contribution is 0.0694. The quantitative estimate of drug-likeness (QED) is 0.843. The Kier molecular flexibility index (Phi) is 3.74. The molecule has 0 saturated carbocycles. The maximum absolute atomic E-state index is 10.9. The molecular weight excluding hydrogens is 232 g/mol. The van der Waals surface area contributed by atoms with Crippen LogP contribution in [0.1, 0.15) is 27.5 Å². The first kappa shape index (κ1) is 12.3. The van der Waals surface area contributed by atoms with E-state index in [1.807, 2.05) is 25.1 Å². The van der Waals surface area contributed by atoms with E-state index < -0.39 is 5.97 Å². The van der Waals surface area contributed by atoms with Crippen molar-refractivity contribution in [3.63, 3.8) is 0 Å². The molecule has 0 aliphatic heterocycles. The van der Waals surface area contributed by atoms with Crippen LogP contribution in [-0.2, 0) is 13.1 Å². The van der Waals surface area contributed by atoms with Gasteiger partial charge in [0.15, 0.2) is 0 Å². The van der Waals surface area contributed by atoms with E-state index in [1.54, 1.807) is 0 Å². The predicted octanol–water partition coefficient (Wildman–Crippen LogP) is 1.97. The summed E-state index contributed by atoms with van der Waals surface area (Å²) in [5.41, 5.74) is 2.07. The van der Waals surface area contributed by atoms with E-state index in [0.717, 1.165) is 11.4 Å². The third kappa shape index (κ3) is 2.95. The molecule has 0 atom stereocenters. The number of aromatic carboxylic acids is 1. The topological polar surface area (TPSA) is 75.4 Å². The van der Waals surface area contributed by atoms with Gasteiger partial charge in [-0.2, -0.15) is 0 Å². The molecule has 0 bridgehead atoms. The van der Waals surface area contributed by atoms with Crippen LogP contribution in [0.25, 0.3) is 0 Å². The Morgan fingerprint density at radius 2 is 2.22 bits per heavy atom. The molecule has 0 aromatic carbocycles. The fraction of sp³-hybridized carbons (Fsp3) is 0.231. The minimum absolute atomic E-state index is 0.194. The van der Waals surface area contributed by atoms with Crippen molar-refractivity contribution in [2.24, 2.45) is 0 Å². The van der Waals surface area contributed by atoms with E-state index in [0.29, 0.717) is 18.8 Å². The van der Waals surface area contributed by atoms with Gasteiger partial charge in [-0.25, -0.2) is 4.79 Å². The third-order valence-electron chi connectivity index (χ3n) is 2.51. The normalized spacial score (nSPS) is 10.5. The van der Waals surface area contributed by atoms with Crippen molar-refractivity contribution in [2.45, 2.75) is 20.0 Å². The number of carboxylic acid groups (broad SMARTS) is 1. The summed E-state index contributed by atoms with van der Waals surface area (Å²) in [6.45, 7) is 2.87. The summed E-state index contributed by atoms with van der Waals surface area (Å²) in [6.07, 6.45) is 1.38. The van der Waals surface area contributed by atoms with E-state index in [1.165, 1.54) is 12.3 Å². The highest BCUT2D eigenvalue weighted by molar-refractivity contribution is 5.88. The molecule has 2 aromatic rings. The van der Waals surface area contributed by atoms with Gasteiger partial charge in [-0.3, -0.25) is 4.98 Å². The van der Waals surface area contributed by atoms with Crippen molar-refractivity contribution in [2.75, 3.05) is 0 Å². The number of pyridine rings is 1. The van der Waals surface area contributed by atoms with Gasteiger partial charge in [-0.05, 0) is 25.1 Å². The zero-order valence-electron chi connectivity index (χ0n) is 10.0. The Labute approximate surface area is 104 Å². The van der Waals surface area contributed by atoms with Gasteiger partial charge in [0, 0.05) is 12.2 Å². The number of aromatic nitrogens is 1. The standard InChI is InChI=1S/C13H14N2O3/c1-9-3-2-4-10(15-9)7-14-8-12-11(13(16)17)5-6-18-12/h2-6,14H,7-8H2,1H3,(H,16,17). The van der Waals surface area contributed by atoms with E-state index in [4.69, 9.17) is 9.52 Å². The zero-order chi connectivity index (χ0) is 13.0. The number of rotatable bonds is 5. The monoisotopic (exact) mass is 246 g/mol. The Balaban J connectivity index is 1.92. The Bertz CT molecular complexity index is 549. The predicted molar refractivity (Wildman–Crippen MR) is 65.2 cm³/mol. The van der Waals surface area contributed by atoms with Crippen LogP contribution in [0.5, 0.6) is 0 Å². The fourth-order valence-corrected chi connectivity index (χ4v) is 1.67. The van der Waals surface area contributed by atoms with Crippen molar-refractivity contribution >= 4 is 5.97 Å². The summed E-state index contributed by atoms with van der Waals surface area (Å²) in [7, 11) is 0. The molecule has 0 aliphatic carbocycles. The molecular formula is C13H14N2O3. The van der Waals surface area contributed by atoms with Crippen molar-refractivity contribution < 1.29 is 14.3 Å². The molecule has 0 spiro atoms. The summed E-state index contributed by atoms with van der Waals surface area (Å²) in [6, 6.07) is 7.23. The van der Waals surface area contributed by atoms with Crippen LogP contribution in [0.4, 0.5) is 0 Å². The second kappa shape index (κ2) is 5.46. The number of nitrogens with one attached hydrogen (secondary N) is 1. The minimum atomic E-state index is -0.978. The second-order valence-electron chi connectivity index (χ2n) is 3.94. The van der Waals surface area contributed by atoms with E-state index in [2.05, 4.69) is 10.3 Å². The fourth-order valence-electron chi connectivity index (χ4n) is 1.67. The summed E-state index contributed by atoms with van der Waals surface area (Å²) in [5.74, 6) is -0.551. The molecule has 2 rings (SSSR count). The summed E-state index contributed by atoms with van der Waals surface area (Å²) >= 11 is 0. The van der Waals surface area contributed by atoms with E-state index in [-0.39, 0.29) is 5.56 Å². The maximum Gasteiger partial charge on any atom is 0.339 e. The van der Waals surface area contributed by atoms with Crippen LogP contribution in [0.15, 0.2) is 34.9 Å². The molecule has 2 aromatic heterocycles. The minimum Gasteiger partial charge on any atom is -0.478 e. The van der Waals surface area contributed by atoms with Crippen molar-refractivity contribution in [1.82, 2.24) is 10.3 Å². The van der Waals surface area contributed by atoms with Gasteiger partial charge in [-0.1, -0.05) is 6.07 Å². The molecule has 2 heterocycles. The van der Waals surface area contributed by atoms with Gasteiger partial charge in [0.2, 0.25) is 0 Å². The highest BCUT2D eigenvalue weighted by Crippen LogP contribution is 2.10. The van der Waals surface area contributed by atoms with Crippen LogP contribution in [0.2, 0.25) is 0 Å². The van der Waals surface area contributed by atoms with Crippen molar-refractivity contribution in [3.8, 4) is 0 Å². The average Bonchev–Trinajstić information content (AvgIpc) is 2.77. The maximum atomic E-state index is 10.9. The van der Waals surface area contributed by atoms with Crippen molar-refractivity contribution in [1.29, 1.82) is 0 Å². The molecule has 94 valence electrons. The molecule has 0 radical (unpaired) electrons. The first-order valence-corrected chi connectivity index (χ1v) is 5.60. The summed E-state index contributed by atoms with van der Waals surface area (Å²) in [5, 5.41) is 12.0. The lowest BCUT2D eigenvalue weighted by Gasteiger charge is -2.04. The molecule has 0 aliphatic rings. The lowest BCUT2D eigenvalue weighted by atomic mass is 10.2. The van der Waals surface area contributed by atoms with Gasteiger partial charge < -0.3 is 14.8 Å². The highest BCUT2D eigenvalue weighted by atomic mass is 16.4. The Hall–Kier alpha value is -2.14. The van der Waals surface area contributed by atoms with Gasteiger partial charge in [-0.15, -0.1) is 0 Å². The van der Waals surface area contributed by atoms with E-state index >= 15 is 0 Å². The Morgan fingerprint density at radius 3 is 2.94 bits per heavy atom. The number of aryl methyl sites for hydroxylation is 1. The molecule has 0 saturated heterocycles. The molecule has 5 nitrogen and oxygen atoms in total. The summed E-state index contributed by atoms with van der Waals surface area (Å²) in [4.78, 5) is 15.2. The highest BCUT2D eigenvalue weighted by Gasteiger charge is 2.12. The van der Waals surface area contributed by atoms with Gasteiger partial charge in [0.1, 0.15) is 11.3 Å². The molecule has 0 amide bonds. The lowest BCUT2D eigenvalue weighted by Crippen LogP contribution is -2.15. The molecule has 2 N–H and O–H groups in total. The number of nitrogens with zero attached hydrogens (tertiary/aromatic N) is 1.